The molecule has 0 aromatic carbocycles. The van der Waals surface area contributed by atoms with Crippen molar-refractivity contribution in [1.29, 1.82) is 0 Å². The molecule has 94 valence electrons. The highest BCUT2D eigenvalue weighted by Gasteiger charge is 2.20. The summed E-state index contributed by atoms with van der Waals surface area (Å²) in [5.41, 5.74) is 1.40. The smallest absolute Gasteiger partial charge is 0.132 e. The van der Waals surface area contributed by atoms with Crippen molar-refractivity contribution in [2.24, 2.45) is 5.92 Å². The number of thiophene rings is 1. The Balaban J connectivity index is 1.79. The molecule has 3 heteroatoms. The molecule has 0 amide bonds. The van der Waals surface area contributed by atoms with Crippen molar-refractivity contribution in [1.82, 2.24) is 4.90 Å². The van der Waals surface area contributed by atoms with Gasteiger partial charge in [0.1, 0.15) is 5.78 Å². The van der Waals surface area contributed by atoms with E-state index in [1.165, 1.54) is 10.4 Å². The number of aryl methyl sites for hydroxylation is 1. The molecule has 1 aliphatic carbocycles. The van der Waals surface area contributed by atoms with Gasteiger partial charge in [-0.2, -0.15) is 0 Å². The second-order valence-corrected chi connectivity index (χ2v) is 6.21. The lowest BCUT2D eigenvalue weighted by molar-refractivity contribution is -0.121. The highest BCUT2D eigenvalue weighted by Crippen LogP contribution is 2.23. The fourth-order valence-corrected chi connectivity index (χ4v) is 3.48. The van der Waals surface area contributed by atoms with Crippen LogP contribution in [0.2, 0.25) is 0 Å². The van der Waals surface area contributed by atoms with Crippen LogP contribution in [0, 0.1) is 12.8 Å². The second kappa shape index (κ2) is 5.78. The van der Waals surface area contributed by atoms with Gasteiger partial charge in [0, 0.05) is 30.8 Å². The predicted octanol–water partition coefficient (Wildman–Crippen LogP) is 3.25. The average Bonchev–Trinajstić information content (AvgIpc) is 2.68. The topological polar surface area (TPSA) is 20.3 Å². The van der Waals surface area contributed by atoms with Gasteiger partial charge in [-0.05, 0) is 49.7 Å². The molecule has 0 N–H and O–H groups in total. The zero-order valence-corrected chi connectivity index (χ0v) is 11.6. The molecule has 1 aromatic heterocycles. The maximum Gasteiger partial charge on any atom is 0.132 e. The lowest BCUT2D eigenvalue weighted by Crippen LogP contribution is -2.28. The maximum atomic E-state index is 11.2. The average molecular weight is 251 g/mol. The Morgan fingerprint density at radius 1 is 1.41 bits per heavy atom. The fraction of sp³-hybridized carbons (Fsp3) is 0.643. The zero-order valence-electron chi connectivity index (χ0n) is 10.7. The van der Waals surface area contributed by atoms with E-state index < -0.39 is 0 Å². The summed E-state index contributed by atoms with van der Waals surface area (Å²) in [6.45, 7) is 4.36. The maximum absolute atomic E-state index is 11.2. The molecule has 0 bridgehead atoms. The Bertz CT molecular complexity index is 375. The number of hydrogen-bond donors (Lipinski definition) is 0. The van der Waals surface area contributed by atoms with E-state index in [0.29, 0.717) is 5.78 Å². The number of Topliss-reactive ketones (excluding diaryl/α,β-unsaturated/α-hetero) is 1. The molecule has 0 atom stereocenters. The summed E-state index contributed by atoms with van der Waals surface area (Å²) in [7, 11) is 2.19. The molecule has 1 saturated carbocycles. The summed E-state index contributed by atoms with van der Waals surface area (Å²) in [4.78, 5) is 15.1. The number of hydrogen-bond acceptors (Lipinski definition) is 3. The van der Waals surface area contributed by atoms with Gasteiger partial charge in [0.15, 0.2) is 0 Å². The van der Waals surface area contributed by atoms with Crippen LogP contribution in [0.25, 0.3) is 0 Å². The number of ketones is 1. The van der Waals surface area contributed by atoms with Crippen molar-refractivity contribution >= 4 is 17.1 Å². The van der Waals surface area contributed by atoms with Crippen LogP contribution in [0.15, 0.2) is 11.4 Å². The van der Waals surface area contributed by atoms with Gasteiger partial charge in [-0.3, -0.25) is 4.79 Å². The molecule has 1 aromatic rings. The van der Waals surface area contributed by atoms with Gasteiger partial charge in [0.25, 0.3) is 0 Å². The summed E-state index contributed by atoms with van der Waals surface area (Å²) >= 11 is 1.84. The highest BCUT2D eigenvalue weighted by atomic mass is 32.1. The molecular weight excluding hydrogens is 230 g/mol. The number of carbonyl (C=O) groups excluding carboxylic acids is 1. The Hall–Kier alpha value is -0.670. The van der Waals surface area contributed by atoms with Crippen LogP contribution < -0.4 is 0 Å². The standard InChI is InChI=1S/C14H21NOS/c1-11-7-8-17-14(11)10-15(2)9-12-3-5-13(16)6-4-12/h7-8,12H,3-6,9-10H2,1-2H3. The molecule has 1 aliphatic rings. The Labute approximate surface area is 108 Å². The Kier molecular flexibility index (Phi) is 4.35. The van der Waals surface area contributed by atoms with Crippen LogP contribution in [0.3, 0.4) is 0 Å². The van der Waals surface area contributed by atoms with Crippen molar-refractivity contribution in [3.8, 4) is 0 Å². The lowest BCUT2D eigenvalue weighted by Gasteiger charge is -2.26. The van der Waals surface area contributed by atoms with E-state index in [9.17, 15) is 4.79 Å². The van der Waals surface area contributed by atoms with E-state index in [4.69, 9.17) is 0 Å². The molecule has 0 unspecified atom stereocenters. The molecule has 0 saturated heterocycles. The Morgan fingerprint density at radius 2 is 2.12 bits per heavy atom. The number of rotatable bonds is 4. The van der Waals surface area contributed by atoms with E-state index in [2.05, 4.69) is 30.3 Å². The molecule has 0 spiro atoms. The third-order valence-corrected chi connectivity index (χ3v) is 4.62. The molecule has 0 radical (unpaired) electrons. The van der Waals surface area contributed by atoms with Gasteiger partial charge < -0.3 is 4.90 Å². The molecule has 2 rings (SSSR count). The van der Waals surface area contributed by atoms with Gasteiger partial charge in [0.05, 0.1) is 0 Å². The molecular formula is C14H21NOS. The van der Waals surface area contributed by atoms with Crippen molar-refractivity contribution in [3.63, 3.8) is 0 Å². The monoisotopic (exact) mass is 251 g/mol. The summed E-state index contributed by atoms with van der Waals surface area (Å²) in [5.74, 6) is 1.18. The molecule has 1 heterocycles. The largest absolute Gasteiger partial charge is 0.301 e. The Morgan fingerprint density at radius 3 is 2.71 bits per heavy atom. The van der Waals surface area contributed by atoms with Gasteiger partial charge in [-0.25, -0.2) is 0 Å². The van der Waals surface area contributed by atoms with E-state index in [1.807, 2.05) is 11.3 Å². The van der Waals surface area contributed by atoms with Crippen molar-refractivity contribution in [2.45, 2.75) is 39.2 Å². The van der Waals surface area contributed by atoms with E-state index in [-0.39, 0.29) is 0 Å². The van der Waals surface area contributed by atoms with Crippen LogP contribution in [0.4, 0.5) is 0 Å². The fourth-order valence-electron chi connectivity index (χ4n) is 2.50. The minimum absolute atomic E-state index is 0.456. The summed E-state index contributed by atoms with van der Waals surface area (Å²) in [6.07, 6.45) is 3.78. The molecule has 0 aliphatic heterocycles. The van der Waals surface area contributed by atoms with Crippen LogP contribution in [0.5, 0.6) is 0 Å². The highest BCUT2D eigenvalue weighted by molar-refractivity contribution is 7.10. The van der Waals surface area contributed by atoms with Crippen LogP contribution in [0.1, 0.15) is 36.1 Å². The van der Waals surface area contributed by atoms with Gasteiger partial charge in [-0.1, -0.05) is 0 Å². The van der Waals surface area contributed by atoms with E-state index in [0.717, 1.165) is 44.7 Å². The van der Waals surface area contributed by atoms with Crippen molar-refractivity contribution < 1.29 is 4.79 Å². The van der Waals surface area contributed by atoms with Crippen LogP contribution in [-0.4, -0.2) is 24.3 Å². The first-order chi connectivity index (χ1) is 8.15. The second-order valence-electron chi connectivity index (χ2n) is 5.21. The lowest BCUT2D eigenvalue weighted by atomic mass is 9.88. The molecule has 2 nitrogen and oxygen atoms in total. The normalized spacial score (nSPS) is 17.9. The van der Waals surface area contributed by atoms with Gasteiger partial charge in [0.2, 0.25) is 0 Å². The molecule has 1 fully saturated rings. The van der Waals surface area contributed by atoms with E-state index >= 15 is 0 Å². The van der Waals surface area contributed by atoms with Gasteiger partial charge >= 0.3 is 0 Å². The SMILES string of the molecule is Cc1ccsc1CN(C)CC1CCC(=O)CC1. The van der Waals surface area contributed by atoms with Crippen molar-refractivity contribution in [2.75, 3.05) is 13.6 Å². The quantitative estimate of drug-likeness (QED) is 0.818. The minimum Gasteiger partial charge on any atom is -0.301 e. The summed E-state index contributed by atoms with van der Waals surface area (Å²) < 4.78 is 0. The summed E-state index contributed by atoms with van der Waals surface area (Å²) in [6, 6.07) is 2.19. The van der Waals surface area contributed by atoms with Crippen LogP contribution >= 0.6 is 11.3 Å². The minimum atomic E-state index is 0.456. The third kappa shape index (κ3) is 3.65. The molecule has 17 heavy (non-hydrogen) atoms. The van der Waals surface area contributed by atoms with Crippen molar-refractivity contribution in [3.05, 3.63) is 21.9 Å². The van der Waals surface area contributed by atoms with Gasteiger partial charge in [-0.15, -0.1) is 11.3 Å². The number of carbonyl (C=O) groups is 1. The first-order valence-corrected chi connectivity index (χ1v) is 7.26. The first kappa shape index (κ1) is 12.8. The van der Waals surface area contributed by atoms with Crippen LogP contribution in [-0.2, 0) is 11.3 Å². The van der Waals surface area contributed by atoms with E-state index in [1.54, 1.807) is 0 Å². The third-order valence-electron chi connectivity index (χ3n) is 3.61. The number of nitrogens with zero attached hydrogens (tertiary/aromatic N) is 1. The predicted molar refractivity (Wildman–Crippen MR) is 72.4 cm³/mol. The first-order valence-electron chi connectivity index (χ1n) is 6.38. The summed E-state index contributed by atoms with van der Waals surface area (Å²) in [5, 5.41) is 2.16. The zero-order chi connectivity index (χ0) is 12.3.